The van der Waals surface area contributed by atoms with Crippen LogP contribution in [0.25, 0.3) is 5.65 Å². The third-order valence-corrected chi connectivity index (χ3v) is 2.66. The minimum absolute atomic E-state index is 0.155. The van der Waals surface area contributed by atoms with Gasteiger partial charge in [0.2, 0.25) is 0 Å². The van der Waals surface area contributed by atoms with Crippen molar-refractivity contribution in [1.82, 2.24) is 14.6 Å². The maximum absolute atomic E-state index is 9.10. The van der Waals surface area contributed by atoms with Crippen LogP contribution in [-0.2, 0) is 0 Å². The van der Waals surface area contributed by atoms with Crippen LogP contribution in [-0.4, -0.2) is 21.1 Å². The average Bonchev–Trinajstić information content (AvgIpc) is 2.73. The second-order valence-electron chi connectivity index (χ2n) is 5.56. The lowest BCUT2D eigenvalue weighted by Gasteiger charge is -2.21. The van der Waals surface area contributed by atoms with Gasteiger partial charge in [0.15, 0.2) is 5.65 Å². The minimum Gasteiger partial charge on any atom is -0.369 e. The van der Waals surface area contributed by atoms with Gasteiger partial charge in [-0.2, -0.15) is 14.9 Å². The molecule has 0 unspecified atom stereocenters. The molecule has 0 amide bonds. The summed E-state index contributed by atoms with van der Waals surface area (Å²) in [5, 5.41) is 16.7. The van der Waals surface area contributed by atoms with Crippen molar-refractivity contribution in [2.24, 2.45) is 5.41 Å². The summed E-state index contributed by atoms with van der Waals surface area (Å²) in [4.78, 5) is 4.26. The average molecular weight is 243 g/mol. The Hall–Kier alpha value is -2.09. The van der Waals surface area contributed by atoms with Crippen molar-refractivity contribution in [3.8, 4) is 6.07 Å². The van der Waals surface area contributed by atoms with Gasteiger partial charge >= 0.3 is 0 Å². The third kappa shape index (κ3) is 2.28. The van der Waals surface area contributed by atoms with E-state index >= 15 is 0 Å². The van der Waals surface area contributed by atoms with Crippen LogP contribution < -0.4 is 5.32 Å². The number of hydrogen-bond donors (Lipinski definition) is 1. The van der Waals surface area contributed by atoms with Crippen molar-refractivity contribution >= 4 is 11.5 Å². The number of rotatable bonds is 2. The Balaban J connectivity index is 2.50. The first-order valence-electron chi connectivity index (χ1n) is 5.91. The molecule has 0 spiro atoms. The summed E-state index contributed by atoms with van der Waals surface area (Å²) in [5.74, 6) is 0.844. The number of nitrogens with zero attached hydrogens (tertiary/aromatic N) is 4. The minimum atomic E-state index is 0.155. The zero-order valence-corrected chi connectivity index (χ0v) is 11.2. The summed E-state index contributed by atoms with van der Waals surface area (Å²) in [7, 11) is 0. The summed E-state index contributed by atoms with van der Waals surface area (Å²) in [6, 6.07) is 3.92. The fourth-order valence-corrected chi connectivity index (χ4v) is 1.69. The molecule has 18 heavy (non-hydrogen) atoms. The molecule has 0 atom stereocenters. The monoisotopic (exact) mass is 243 g/mol. The van der Waals surface area contributed by atoms with Crippen LogP contribution >= 0.6 is 0 Å². The molecule has 2 aromatic rings. The Kier molecular flexibility index (Phi) is 2.95. The maximum atomic E-state index is 9.10. The number of aromatic nitrogens is 3. The van der Waals surface area contributed by atoms with E-state index in [4.69, 9.17) is 5.26 Å². The molecule has 2 heterocycles. The number of anilines is 1. The van der Waals surface area contributed by atoms with Gasteiger partial charge in [-0.25, -0.2) is 4.98 Å². The SMILES string of the molecule is Cc1c(C#N)nc2ccnn2c1NCC(C)(C)C. The third-order valence-electron chi connectivity index (χ3n) is 2.66. The van der Waals surface area contributed by atoms with E-state index in [1.807, 2.05) is 6.92 Å². The van der Waals surface area contributed by atoms with Gasteiger partial charge in [0.05, 0.1) is 6.20 Å². The topological polar surface area (TPSA) is 66.0 Å². The van der Waals surface area contributed by atoms with Crippen LogP contribution in [0.2, 0.25) is 0 Å². The van der Waals surface area contributed by atoms with Gasteiger partial charge in [-0.1, -0.05) is 20.8 Å². The van der Waals surface area contributed by atoms with E-state index in [1.54, 1.807) is 16.8 Å². The largest absolute Gasteiger partial charge is 0.369 e. The van der Waals surface area contributed by atoms with Gasteiger partial charge in [0, 0.05) is 18.2 Å². The van der Waals surface area contributed by atoms with Crippen molar-refractivity contribution in [2.45, 2.75) is 27.7 Å². The smallest absolute Gasteiger partial charge is 0.158 e. The van der Waals surface area contributed by atoms with Crippen LogP contribution in [0.3, 0.4) is 0 Å². The number of nitrogens with one attached hydrogen (secondary N) is 1. The molecule has 5 nitrogen and oxygen atoms in total. The highest BCUT2D eigenvalue weighted by atomic mass is 15.3. The van der Waals surface area contributed by atoms with E-state index in [0.29, 0.717) is 11.3 Å². The normalized spacial score (nSPS) is 11.5. The number of nitriles is 1. The predicted octanol–water partition coefficient (Wildman–Crippen LogP) is 2.37. The molecule has 0 saturated heterocycles. The van der Waals surface area contributed by atoms with Crippen molar-refractivity contribution in [3.05, 3.63) is 23.5 Å². The van der Waals surface area contributed by atoms with Gasteiger partial charge in [0.25, 0.3) is 0 Å². The van der Waals surface area contributed by atoms with Gasteiger partial charge in [-0.3, -0.25) is 0 Å². The molecule has 0 bridgehead atoms. The summed E-state index contributed by atoms with van der Waals surface area (Å²) in [6.45, 7) is 9.15. The molecule has 0 aromatic carbocycles. The second kappa shape index (κ2) is 4.30. The Labute approximate surface area is 106 Å². The molecule has 94 valence electrons. The molecular formula is C13H17N5. The first kappa shape index (κ1) is 12.4. The van der Waals surface area contributed by atoms with Crippen LogP contribution in [0.1, 0.15) is 32.0 Å². The molecule has 0 aliphatic heterocycles. The summed E-state index contributed by atoms with van der Waals surface area (Å²) in [5.41, 5.74) is 2.12. The Morgan fingerprint density at radius 1 is 1.44 bits per heavy atom. The van der Waals surface area contributed by atoms with Crippen molar-refractivity contribution in [2.75, 3.05) is 11.9 Å². The summed E-state index contributed by atoms with van der Waals surface area (Å²) < 4.78 is 1.74. The van der Waals surface area contributed by atoms with Crippen molar-refractivity contribution in [3.63, 3.8) is 0 Å². The van der Waals surface area contributed by atoms with E-state index in [9.17, 15) is 0 Å². The standard InChI is InChI=1S/C13H17N5/c1-9-10(7-14)17-11-5-6-16-18(11)12(9)15-8-13(2,3)4/h5-6,15H,8H2,1-4H3. The molecular weight excluding hydrogens is 226 g/mol. The number of fused-ring (bicyclic) bond motifs is 1. The van der Waals surface area contributed by atoms with Crippen LogP contribution in [0.15, 0.2) is 12.3 Å². The maximum Gasteiger partial charge on any atom is 0.158 e. The molecule has 1 N–H and O–H groups in total. The lowest BCUT2D eigenvalue weighted by Crippen LogP contribution is -2.21. The van der Waals surface area contributed by atoms with Crippen molar-refractivity contribution in [1.29, 1.82) is 5.26 Å². The fraction of sp³-hybridized carbons (Fsp3) is 0.462. The second-order valence-corrected chi connectivity index (χ2v) is 5.56. The molecule has 0 aliphatic carbocycles. The molecule has 0 saturated carbocycles. The first-order valence-corrected chi connectivity index (χ1v) is 5.91. The molecule has 0 fully saturated rings. The lowest BCUT2D eigenvalue weighted by atomic mass is 9.97. The van der Waals surface area contributed by atoms with E-state index in [-0.39, 0.29) is 5.41 Å². The van der Waals surface area contributed by atoms with Gasteiger partial charge < -0.3 is 5.32 Å². The lowest BCUT2D eigenvalue weighted by molar-refractivity contribution is 0.442. The number of hydrogen-bond acceptors (Lipinski definition) is 4. The highest BCUT2D eigenvalue weighted by Gasteiger charge is 2.15. The molecule has 0 aliphatic rings. The van der Waals surface area contributed by atoms with E-state index in [2.05, 4.69) is 42.2 Å². The quantitative estimate of drug-likeness (QED) is 0.879. The van der Waals surface area contributed by atoms with Gasteiger partial charge in [0.1, 0.15) is 17.6 Å². The Morgan fingerprint density at radius 3 is 2.78 bits per heavy atom. The highest BCUT2D eigenvalue weighted by molar-refractivity contribution is 5.57. The van der Waals surface area contributed by atoms with E-state index < -0.39 is 0 Å². The zero-order chi connectivity index (χ0) is 13.3. The molecule has 0 radical (unpaired) electrons. The highest BCUT2D eigenvalue weighted by Crippen LogP contribution is 2.21. The van der Waals surface area contributed by atoms with Crippen LogP contribution in [0, 0.1) is 23.7 Å². The van der Waals surface area contributed by atoms with Crippen molar-refractivity contribution < 1.29 is 0 Å². The Morgan fingerprint density at radius 2 is 2.17 bits per heavy atom. The van der Waals surface area contributed by atoms with Gasteiger partial charge in [-0.05, 0) is 12.3 Å². The first-order chi connectivity index (χ1) is 8.42. The van der Waals surface area contributed by atoms with E-state index in [0.717, 1.165) is 17.9 Å². The summed E-state index contributed by atoms with van der Waals surface area (Å²) >= 11 is 0. The molecule has 2 aromatic heterocycles. The fourth-order valence-electron chi connectivity index (χ4n) is 1.69. The Bertz CT molecular complexity index is 613. The molecule has 2 rings (SSSR count). The molecule has 5 heteroatoms. The zero-order valence-electron chi connectivity index (χ0n) is 11.2. The van der Waals surface area contributed by atoms with E-state index in [1.165, 1.54) is 0 Å². The van der Waals surface area contributed by atoms with Crippen LogP contribution in [0.5, 0.6) is 0 Å². The van der Waals surface area contributed by atoms with Crippen LogP contribution in [0.4, 0.5) is 5.82 Å². The van der Waals surface area contributed by atoms with Gasteiger partial charge in [-0.15, -0.1) is 0 Å². The predicted molar refractivity (Wildman–Crippen MR) is 70.4 cm³/mol. The summed E-state index contributed by atoms with van der Waals surface area (Å²) in [6.07, 6.45) is 1.69.